The van der Waals surface area contributed by atoms with Gasteiger partial charge in [0, 0.05) is 35.5 Å². The van der Waals surface area contributed by atoms with Crippen LogP contribution in [-0.4, -0.2) is 29.1 Å². The largest absolute Gasteiger partial charge is 0.447 e. The van der Waals surface area contributed by atoms with Crippen LogP contribution in [-0.2, 0) is 0 Å². The number of nitrogens with zero attached hydrogens (tertiary/aromatic N) is 1. The maximum atomic E-state index is 12.9. The smallest absolute Gasteiger partial charge is 0.266 e. The van der Waals surface area contributed by atoms with Crippen molar-refractivity contribution in [2.75, 3.05) is 0 Å². The first-order valence-corrected chi connectivity index (χ1v) is 11.2. The van der Waals surface area contributed by atoms with E-state index in [-0.39, 0.29) is 3.97 Å². The fourth-order valence-corrected chi connectivity index (χ4v) is 6.52. The number of rotatable bonds is 5. The number of hydrogen-bond donors (Lipinski definition) is 0. The van der Waals surface area contributed by atoms with Crippen LogP contribution in [0.5, 0.6) is 0 Å². The molecule has 1 nitrogen and oxygen atoms in total. The molecule has 0 radical (unpaired) electrons. The average molecular weight is 617 g/mol. The molecule has 0 N–H and O–H groups in total. The lowest BCUT2D eigenvalue weighted by atomic mass is 10.6. The van der Waals surface area contributed by atoms with E-state index in [0.717, 1.165) is 0 Å². The molecule has 0 saturated carbocycles. The molecule has 30 heavy (non-hydrogen) atoms. The highest BCUT2D eigenvalue weighted by Crippen LogP contribution is 2.60. The molecule has 0 saturated heterocycles. The molecule has 1 aromatic rings. The van der Waals surface area contributed by atoms with Crippen LogP contribution in [0.3, 0.4) is 0 Å². The number of hydrogen-bond acceptors (Lipinski definition) is 5. The van der Waals surface area contributed by atoms with Gasteiger partial charge in [0.05, 0.1) is 9.79 Å². The molecule has 0 aliphatic heterocycles. The molecule has 1 heterocycles. The minimum atomic E-state index is -5.46. The summed E-state index contributed by atoms with van der Waals surface area (Å²) in [7, 11) is 0. The SMILES string of the molecule is FC(F)(F)Sc1c(SC(F)(F)F)c(SC(F)(F)F)n(SC(Cl)(Cl)Cl)c1SC(F)(F)F. The van der Waals surface area contributed by atoms with Crippen LogP contribution in [0, 0.1) is 0 Å². The molecule has 0 bridgehead atoms. The quantitative estimate of drug-likeness (QED) is 0.184. The zero-order valence-electron chi connectivity index (χ0n) is 12.7. The standard InChI is InChI=1S/C9Cl3F12NS5/c10-5(11,12)30-25-3(28-8(19,20)21)1(26-6(13,14)15)2(27-7(16,17)18)4(25)29-9(22,23)24. The van der Waals surface area contributed by atoms with Gasteiger partial charge >= 0.3 is 22.0 Å². The van der Waals surface area contributed by atoms with Crippen LogP contribution in [0.15, 0.2) is 19.8 Å². The molecule has 0 aliphatic carbocycles. The van der Waals surface area contributed by atoms with E-state index in [0.29, 0.717) is 0 Å². The Hall–Kier alpha value is 1.06. The Morgan fingerprint density at radius 2 is 0.767 bits per heavy atom. The van der Waals surface area contributed by atoms with Crippen LogP contribution < -0.4 is 0 Å². The second kappa shape index (κ2) is 9.74. The summed E-state index contributed by atoms with van der Waals surface area (Å²) in [5.41, 5.74) is -21.7. The second-order valence-electron chi connectivity index (χ2n) is 4.29. The van der Waals surface area contributed by atoms with Gasteiger partial charge in [-0.05, 0) is 23.5 Å². The molecule has 0 fully saturated rings. The molecule has 21 heteroatoms. The van der Waals surface area contributed by atoms with Crippen molar-refractivity contribution in [3.63, 3.8) is 0 Å². The molecule has 0 spiro atoms. The number of halogens is 15. The summed E-state index contributed by atoms with van der Waals surface area (Å²) >= 11 is 9.77. The number of alkyl halides is 15. The Labute approximate surface area is 194 Å². The van der Waals surface area contributed by atoms with Gasteiger partial charge in [-0.1, -0.05) is 34.8 Å². The summed E-state index contributed by atoms with van der Waals surface area (Å²) in [5.74, 6) is 0. The van der Waals surface area contributed by atoms with Crippen molar-refractivity contribution in [2.45, 2.75) is 45.0 Å². The van der Waals surface area contributed by atoms with Crippen molar-refractivity contribution in [1.29, 1.82) is 0 Å². The first-order valence-electron chi connectivity index (χ1n) is 6.05. The van der Waals surface area contributed by atoms with Crippen LogP contribution in [0.25, 0.3) is 0 Å². The lowest BCUT2D eigenvalue weighted by molar-refractivity contribution is -0.0354. The lowest BCUT2D eigenvalue weighted by Gasteiger charge is -2.18. The Morgan fingerprint density at radius 3 is 0.967 bits per heavy atom. The topological polar surface area (TPSA) is 4.93 Å². The zero-order valence-corrected chi connectivity index (χ0v) is 19.0. The molecule has 0 unspecified atom stereocenters. The van der Waals surface area contributed by atoms with Crippen molar-refractivity contribution in [3.05, 3.63) is 0 Å². The van der Waals surface area contributed by atoms with Gasteiger partial charge < -0.3 is 0 Å². The highest BCUT2D eigenvalue weighted by atomic mass is 35.6. The van der Waals surface area contributed by atoms with Gasteiger partial charge in [0.15, 0.2) is 0 Å². The Kier molecular flexibility index (Phi) is 9.44. The van der Waals surface area contributed by atoms with Gasteiger partial charge in [-0.15, -0.1) is 0 Å². The summed E-state index contributed by atoms with van der Waals surface area (Å²) < 4.78 is 151. The highest BCUT2D eigenvalue weighted by Gasteiger charge is 2.46. The third-order valence-corrected chi connectivity index (χ3v) is 7.30. The molecule has 0 amide bonds. The van der Waals surface area contributed by atoms with E-state index in [9.17, 15) is 52.7 Å². The van der Waals surface area contributed by atoms with Crippen molar-refractivity contribution < 1.29 is 52.7 Å². The molecule has 0 aliphatic rings. The maximum Gasteiger partial charge on any atom is 0.447 e. The minimum Gasteiger partial charge on any atom is -0.266 e. The molecular formula is C9Cl3F12NS5. The molecule has 1 rings (SSSR count). The molecule has 0 atom stereocenters. The lowest BCUT2D eigenvalue weighted by Crippen LogP contribution is -2.09. The first kappa shape index (κ1) is 29.1. The predicted octanol–water partition coefficient (Wildman–Crippen LogP) is 9.76. The van der Waals surface area contributed by atoms with E-state index in [1.807, 2.05) is 0 Å². The summed E-state index contributed by atoms with van der Waals surface area (Å²) in [4.78, 5) is -3.55. The Morgan fingerprint density at radius 1 is 0.500 bits per heavy atom. The summed E-state index contributed by atoms with van der Waals surface area (Å²) in [6.45, 7) is 0. The van der Waals surface area contributed by atoms with Gasteiger partial charge in [0.1, 0.15) is 10.1 Å². The van der Waals surface area contributed by atoms with Crippen molar-refractivity contribution in [1.82, 2.24) is 3.97 Å². The third-order valence-electron chi connectivity index (χ3n) is 2.02. The van der Waals surface area contributed by atoms with E-state index in [1.54, 1.807) is 0 Å². The molecule has 1 aromatic heterocycles. The molecule has 176 valence electrons. The van der Waals surface area contributed by atoms with Crippen LogP contribution in [0.1, 0.15) is 0 Å². The fourth-order valence-electron chi connectivity index (χ4n) is 1.46. The second-order valence-corrected chi connectivity index (χ2v) is 12.7. The fraction of sp³-hybridized carbons (Fsp3) is 0.556. The van der Waals surface area contributed by atoms with Gasteiger partial charge in [-0.2, -0.15) is 52.7 Å². The Balaban J connectivity index is 3.97. The normalized spacial score (nSPS) is 14.5. The van der Waals surface area contributed by atoms with Crippen molar-refractivity contribution >= 4 is 93.8 Å². The van der Waals surface area contributed by atoms with Crippen molar-refractivity contribution in [2.24, 2.45) is 0 Å². The van der Waals surface area contributed by atoms with Crippen LogP contribution in [0.4, 0.5) is 52.7 Å². The van der Waals surface area contributed by atoms with Gasteiger partial charge in [0.2, 0.25) is 0 Å². The summed E-state index contributed by atoms with van der Waals surface area (Å²) in [6, 6.07) is 0. The van der Waals surface area contributed by atoms with Gasteiger partial charge in [0.25, 0.3) is 3.12 Å². The third kappa shape index (κ3) is 10.8. The van der Waals surface area contributed by atoms with E-state index in [1.165, 1.54) is 0 Å². The van der Waals surface area contributed by atoms with Gasteiger partial charge in [-0.3, -0.25) is 3.97 Å². The zero-order chi connectivity index (χ0) is 23.9. The molecular weight excluding hydrogens is 617 g/mol. The monoisotopic (exact) mass is 615 g/mol. The first-order chi connectivity index (χ1) is 13.0. The van der Waals surface area contributed by atoms with Crippen molar-refractivity contribution in [3.8, 4) is 0 Å². The van der Waals surface area contributed by atoms with E-state index in [2.05, 4.69) is 0 Å². The highest BCUT2D eigenvalue weighted by molar-refractivity contribution is 8.08. The maximum absolute atomic E-state index is 12.9. The average Bonchev–Trinajstić information content (AvgIpc) is 2.57. The van der Waals surface area contributed by atoms with Crippen LogP contribution in [0.2, 0.25) is 0 Å². The number of aromatic nitrogens is 1. The van der Waals surface area contributed by atoms with Gasteiger partial charge in [-0.25, -0.2) is 0 Å². The predicted molar refractivity (Wildman–Crippen MR) is 95.4 cm³/mol. The summed E-state index contributed by atoms with van der Waals surface area (Å²) in [6.07, 6.45) is 0. The van der Waals surface area contributed by atoms with E-state index < -0.39 is 104 Å². The van der Waals surface area contributed by atoms with E-state index in [4.69, 9.17) is 34.8 Å². The molecule has 0 aromatic carbocycles. The summed E-state index contributed by atoms with van der Waals surface area (Å²) in [5, 5.41) is -3.36. The van der Waals surface area contributed by atoms with E-state index >= 15 is 0 Å². The minimum absolute atomic E-state index is 0.258. The Bertz CT molecular complexity index is 586. The number of thioether (sulfide) groups is 4. The van der Waals surface area contributed by atoms with Crippen LogP contribution >= 0.6 is 93.8 Å².